The Morgan fingerprint density at radius 3 is 2.37 bits per heavy atom. The molecule has 0 aliphatic heterocycles. The number of hydrogen-bond donors (Lipinski definition) is 1. The number of methoxy groups -OCH3 is 1. The number of carbonyl (C=O) groups is 1. The molecule has 0 fully saturated rings. The number of benzene rings is 3. The molecule has 19 heavy (non-hydrogen) atoms. The average molecular weight is 251 g/mol. The van der Waals surface area contributed by atoms with E-state index in [0.717, 1.165) is 21.8 Å². The molecular formula is C16H13NO2. The van der Waals surface area contributed by atoms with Crippen molar-refractivity contribution in [3.8, 4) is 0 Å². The minimum Gasteiger partial charge on any atom is -0.453 e. The lowest BCUT2D eigenvalue weighted by atomic mass is 10.0. The number of ether oxygens (including phenoxy) is 1. The van der Waals surface area contributed by atoms with Crippen molar-refractivity contribution in [3.63, 3.8) is 0 Å². The molecule has 94 valence electrons. The molecule has 3 rings (SSSR count). The first-order valence-corrected chi connectivity index (χ1v) is 6.04. The molecule has 0 aromatic heterocycles. The van der Waals surface area contributed by atoms with Gasteiger partial charge in [-0.25, -0.2) is 4.79 Å². The molecule has 0 atom stereocenters. The van der Waals surface area contributed by atoms with Gasteiger partial charge in [0.15, 0.2) is 0 Å². The predicted molar refractivity (Wildman–Crippen MR) is 77.5 cm³/mol. The van der Waals surface area contributed by atoms with Crippen molar-refractivity contribution in [3.05, 3.63) is 54.6 Å². The van der Waals surface area contributed by atoms with Gasteiger partial charge in [-0.05, 0) is 34.4 Å². The zero-order valence-corrected chi connectivity index (χ0v) is 10.5. The number of fused-ring (bicyclic) bond motifs is 2. The van der Waals surface area contributed by atoms with Crippen LogP contribution in [-0.2, 0) is 4.74 Å². The summed E-state index contributed by atoms with van der Waals surface area (Å²) in [6.07, 6.45) is -0.458. The fourth-order valence-electron chi connectivity index (χ4n) is 2.24. The van der Waals surface area contributed by atoms with Crippen molar-refractivity contribution >= 4 is 33.3 Å². The van der Waals surface area contributed by atoms with Crippen LogP contribution in [0.2, 0.25) is 0 Å². The maximum Gasteiger partial charge on any atom is 0.411 e. The van der Waals surface area contributed by atoms with Crippen molar-refractivity contribution in [2.75, 3.05) is 12.4 Å². The third kappa shape index (κ3) is 2.10. The van der Waals surface area contributed by atoms with E-state index < -0.39 is 6.09 Å². The average Bonchev–Trinajstić information content (AvgIpc) is 2.45. The van der Waals surface area contributed by atoms with Crippen molar-refractivity contribution in [2.45, 2.75) is 0 Å². The first kappa shape index (κ1) is 11.5. The standard InChI is InChI=1S/C16H13NO2/c1-19-16(18)17-15-8-4-7-13-9-11-5-2-3-6-12(11)10-14(13)15/h2-10H,1H3,(H,17,18). The molecule has 0 spiro atoms. The van der Waals surface area contributed by atoms with E-state index in [9.17, 15) is 4.79 Å². The van der Waals surface area contributed by atoms with Gasteiger partial charge in [-0.3, -0.25) is 5.32 Å². The van der Waals surface area contributed by atoms with Crippen molar-refractivity contribution in [1.82, 2.24) is 0 Å². The molecule has 0 bridgehead atoms. The molecule has 1 amide bonds. The SMILES string of the molecule is COC(=O)Nc1cccc2cc3ccccc3cc12. The van der Waals surface area contributed by atoms with Gasteiger partial charge in [0.1, 0.15) is 0 Å². The number of nitrogens with one attached hydrogen (secondary N) is 1. The van der Waals surface area contributed by atoms with E-state index in [0.29, 0.717) is 0 Å². The summed E-state index contributed by atoms with van der Waals surface area (Å²) < 4.78 is 4.64. The Labute approximate surface area is 110 Å². The Kier molecular flexibility index (Phi) is 2.80. The zero-order valence-electron chi connectivity index (χ0n) is 10.5. The lowest BCUT2D eigenvalue weighted by Crippen LogP contribution is -2.11. The number of hydrogen-bond acceptors (Lipinski definition) is 2. The van der Waals surface area contributed by atoms with Crippen molar-refractivity contribution < 1.29 is 9.53 Å². The molecule has 3 aromatic rings. The van der Waals surface area contributed by atoms with Crippen molar-refractivity contribution in [1.29, 1.82) is 0 Å². The van der Waals surface area contributed by atoms with Crippen LogP contribution in [0.15, 0.2) is 54.6 Å². The van der Waals surface area contributed by atoms with Crippen LogP contribution in [0.4, 0.5) is 10.5 Å². The first-order chi connectivity index (χ1) is 9.28. The third-order valence-corrected chi connectivity index (χ3v) is 3.17. The second-order valence-electron chi connectivity index (χ2n) is 4.34. The van der Waals surface area contributed by atoms with Gasteiger partial charge in [0.05, 0.1) is 12.8 Å². The minimum atomic E-state index is -0.458. The van der Waals surface area contributed by atoms with Crippen LogP contribution in [0.25, 0.3) is 21.5 Å². The summed E-state index contributed by atoms with van der Waals surface area (Å²) in [5.41, 5.74) is 0.759. The highest BCUT2D eigenvalue weighted by Gasteiger charge is 2.06. The fourth-order valence-corrected chi connectivity index (χ4v) is 2.24. The van der Waals surface area contributed by atoms with Gasteiger partial charge in [0.25, 0.3) is 0 Å². The van der Waals surface area contributed by atoms with E-state index in [2.05, 4.69) is 34.3 Å². The van der Waals surface area contributed by atoms with Crippen LogP contribution in [-0.4, -0.2) is 13.2 Å². The summed E-state index contributed by atoms with van der Waals surface area (Å²) in [5, 5.41) is 7.17. The second kappa shape index (κ2) is 4.61. The van der Waals surface area contributed by atoms with Crippen LogP contribution in [0.5, 0.6) is 0 Å². The normalized spacial score (nSPS) is 10.6. The molecule has 0 aliphatic carbocycles. The third-order valence-electron chi connectivity index (χ3n) is 3.17. The van der Waals surface area contributed by atoms with Crippen LogP contribution in [0.1, 0.15) is 0 Å². The van der Waals surface area contributed by atoms with Crippen molar-refractivity contribution in [2.24, 2.45) is 0 Å². The highest BCUT2D eigenvalue weighted by molar-refractivity contribution is 6.06. The minimum absolute atomic E-state index is 0.458. The number of amides is 1. The van der Waals surface area contributed by atoms with E-state index in [1.807, 2.05) is 30.3 Å². The highest BCUT2D eigenvalue weighted by Crippen LogP contribution is 2.28. The molecule has 3 aromatic carbocycles. The largest absolute Gasteiger partial charge is 0.453 e. The van der Waals surface area contributed by atoms with Crippen LogP contribution in [0, 0.1) is 0 Å². The summed E-state index contributed by atoms with van der Waals surface area (Å²) in [5.74, 6) is 0. The molecule has 0 saturated heterocycles. The summed E-state index contributed by atoms with van der Waals surface area (Å²) in [7, 11) is 1.36. The highest BCUT2D eigenvalue weighted by atomic mass is 16.5. The lowest BCUT2D eigenvalue weighted by Gasteiger charge is -2.09. The van der Waals surface area contributed by atoms with Crippen LogP contribution < -0.4 is 5.32 Å². The van der Waals surface area contributed by atoms with Gasteiger partial charge in [-0.1, -0.05) is 36.4 Å². The maximum atomic E-state index is 11.4. The molecule has 3 heteroatoms. The van der Waals surface area contributed by atoms with E-state index in [-0.39, 0.29) is 0 Å². The molecule has 0 aliphatic rings. The van der Waals surface area contributed by atoms with E-state index in [4.69, 9.17) is 0 Å². The summed E-state index contributed by atoms with van der Waals surface area (Å²) in [4.78, 5) is 11.4. The Balaban J connectivity index is 2.23. The van der Waals surface area contributed by atoms with E-state index in [1.54, 1.807) is 0 Å². The zero-order chi connectivity index (χ0) is 13.2. The van der Waals surface area contributed by atoms with Gasteiger partial charge in [0, 0.05) is 5.39 Å². The Morgan fingerprint density at radius 1 is 0.947 bits per heavy atom. The molecule has 1 N–H and O–H groups in total. The summed E-state index contributed by atoms with van der Waals surface area (Å²) >= 11 is 0. The van der Waals surface area contributed by atoms with Gasteiger partial charge < -0.3 is 4.74 Å². The molecule has 3 nitrogen and oxygen atoms in total. The van der Waals surface area contributed by atoms with Gasteiger partial charge in [0.2, 0.25) is 0 Å². The lowest BCUT2D eigenvalue weighted by molar-refractivity contribution is 0.187. The number of carbonyl (C=O) groups excluding carboxylic acids is 1. The van der Waals surface area contributed by atoms with E-state index in [1.165, 1.54) is 12.5 Å². The molecule has 0 saturated carbocycles. The number of rotatable bonds is 1. The van der Waals surface area contributed by atoms with Crippen LogP contribution in [0.3, 0.4) is 0 Å². The Morgan fingerprint density at radius 2 is 1.63 bits per heavy atom. The number of anilines is 1. The van der Waals surface area contributed by atoms with E-state index >= 15 is 0 Å². The van der Waals surface area contributed by atoms with Gasteiger partial charge >= 0.3 is 6.09 Å². The Hall–Kier alpha value is -2.55. The molecule has 0 radical (unpaired) electrons. The summed E-state index contributed by atoms with van der Waals surface area (Å²) in [6, 6.07) is 18.2. The molecular weight excluding hydrogens is 238 g/mol. The second-order valence-corrected chi connectivity index (χ2v) is 4.34. The topological polar surface area (TPSA) is 38.3 Å². The molecule has 0 unspecified atom stereocenters. The predicted octanol–water partition coefficient (Wildman–Crippen LogP) is 4.17. The Bertz CT molecular complexity index is 765. The monoisotopic (exact) mass is 251 g/mol. The quantitative estimate of drug-likeness (QED) is 0.659. The van der Waals surface area contributed by atoms with Gasteiger partial charge in [-0.2, -0.15) is 0 Å². The fraction of sp³-hybridized carbons (Fsp3) is 0.0625. The smallest absolute Gasteiger partial charge is 0.411 e. The molecule has 0 heterocycles. The van der Waals surface area contributed by atoms with Gasteiger partial charge in [-0.15, -0.1) is 0 Å². The first-order valence-electron chi connectivity index (χ1n) is 6.04. The van der Waals surface area contributed by atoms with Crippen LogP contribution >= 0.6 is 0 Å². The summed E-state index contributed by atoms with van der Waals surface area (Å²) in [6.45, 7) is 0. The maximum absolute atomic E-state index is 11.4.